The lowest BCUT2D eigenvalue weighted by Crippen LogP contribution is -2.40. The van der Waals surface area contributed by atoms with E-state index in [0.29, 0.717) is 13.0 Å². The number of nitrogens with one attached hydrogen (secondary N) is 1. The van der Waals surface area contributed by atoms with Gasteiger partial charge in [0.2, 0.25) is 11.8 Å². The average Bonchev–Trinajstić information content (AvgIpc) is 2.78. The highest BCUT2D eigenvalue weighted by Crippen LogP contribution is 2.27. The molecule has 0 aliphatic carbocycles. The molecule has 0 heterocycles. The molecule has 4 heteroatoms. The number of amides is 2. The maximum absolute atomic E-state index is 12.7. The largest absolute Gasteiger partial charge is 0.347 e. The highest BCUT2D eigenvalue weighted by atomic mass is 16.2. The molecule has 0 bridgehead atoms. The Morgan fingerprint density at radius 1 is 0.793 bits per heavy atom. The van der Waals surface area contributed by atoms with E-state index in [0.717, 1.165) is 16.8 Å². The molecule has 29 heavy (non-hydrogen) atoms. The Morgan fingerprint density at radius 2 is 1.28 bits per heavy atom. The number of nitrogens with zero attached hydrogens (tertiary/aromatic N) is 1. The number of likely N-dealkylation sites (N-methyl/N-ethyl adjacent to an activating group) is 1. The van der Waals surface area contributed by atoms with Crippen molar-refractivity contribution in [1.82, 2.24) is 5.32 Å². The molecule has 0 saturated heterocycles. The molecule has 3 aromatic carbocycles. The second-order valence-electron chi connectivity index (χ2n) is 6.83. The van der Waals surface area contributed by atoms with Gasteiger partial charge in [0.15, 0.2) is 0 Å². The Bertz CT molecular complexity index is 872. The van der Waals surface area contributed by atoms with Crippen molar-refractivity contribution in [1.29, 1.82) is 0 Å². The fourth-order valence-electron chi connectivity index (χ4n) is 3.44. The molecule has 4 nitrogen and oxygen atoms in total. The van der Waals surface area contributed by atoms with Gasteiger partial charge >= 0.3 is 0 Å². The molecular weight excluding hydrogens is 360 g/mol. The summed E-state index contributed by atoms with van der Waals surface area (Å²) in [5.41, 5.74) is 3.00. The SMILES string of the molecule is CCN(C(=O)CNC(=O)CC(c1ccccc1)c1ccccc1)c1ccccc1. The molecule has 148 valence electrons. The van der Waals surface area contributed by atoms with Crippen LogP contribution in [0.2, 0.25) is 0 Å². The van der Waals surface area contributed by atoms with E-state index in [1.54, 1.807) is 4.90 Å². The summed E-state index contributed by atoms with van der Waals surface area (Å²) >= 11 is 0. The summed E-state index contributed by atoms with van der Waals surface area (Å²) in [6.45, 7) is 2.46. The van der Waals surface area contributed by atoms with Crippen molar-refractivity contribution in [2.75, 3.05) is 18.0 Å². The molecule has 3 aromatic rings. The van der Waals surface area contributed by atoms with Gasteiger partial charge in [-0.2, -0.15) is 0 Å². The molecule has 0 atom stereocenters. The lowest BCUT2D eigenvalue weighted by atomic mass is 9.88. The molecule has 0 spiro atoms. The van der Waals surface area contributed by atoms with Crippen molar-refractivity contribution in [2.45, 2.75) is 19.3 Å². The van der Waals surface area contributed by atoms with Gasteiger partial charge in [0, 0.05) is 24.6 Å². The van der Waals surface area contributed by atoms with Crippen molar-refractivity contribution < 1.29 is 9.59 Å². The quantitative estimate of drug-likeness (QED) is 0.625. The Kier molecular flexibility index (Phi) is 7.17. The van der Waals surface area contributed by atoms with Gasteiger partial charge in [-0.3, -0.25) is 9.59 Å². The summed E-state index contributed by atoms with van der Waals surface area (Å²) < 4.78 is 0. The average molecular weight is 386 g/mol. The van der Waals surface area contributed by atoms with Crippen LogP contribution in [0.1, 0.15) is 30.4 Å². The van der Waals surface area contributed by atoms with Crippen LogP contribution >= 0.6 is 0 Å². The molecule has 0 aromatic heterocycles. The number of para-hydroxylation sites is 1. The van der Waals surface area contributed by atoms with Crippen LogP contribution in [0.5, 0.6) is 0 Å². The first-order valence-electron chi connectivity index (χ1n) is 9.91. The van der Waals surface area contributed by atoms with Crippen molar-refractivity contribution in [2.24, 2.45) is 0 Å². The van der Waals surface area contributed by atoms with Crippen LogP contribution in [0, 0.1) is 0 Å². The zero-order valence-electron chi connectivity index (χ0n) is 16.6. The van der Waals surface area contributed by atoms with Gasteiger partial charge in [-0.15, -0.1) is 0 Å². The first kappa shape index (κ1) is 20.3. The van der Waals surface area contributed by atoms with Crippen LogP contribution in [-0.2, 0) is 9.59 Å². The number of anilines is 1. The minimum atomic E-state index is -0.139. The standard InChI is InChI=1S/C25H26N2O2/c1-2-27(22-16-10-5-11-17-22)25(29)19-26-24(28)18-23(20-12-6-3-7-13-20)21-14-8-4-9-15-21/h3-17,23H,2,18-19H2,1H3,(H,26,28). The highest BCUT2D eigenvalue weighted by molar-refractivity contribution is 5.96. The van der Waals surface area contributed by atoms with Crippen molar-refractivity contribution in [3.05, 3.63) is 102 Å². The van der Waals surface area contributed by atoms with E-state index in [2.05, 4.69) is 5.32 Å². The molecule has 3 rings (SSSR count). The fourth-order valence-corrected chi connectivity index (χ4v) is 3.44. The van der Waals surface area contributed by atoms with Gasteiger partial charge in [0.25, 0.3) is 0 Å². The number of carbonyl (C=O) groups is 2. The molecule has 0 aliphatic rings. The van der Waals surface area contributed by atoms with E-state index >= 15 is 0 Å². The minimum absolute atomic E-state index is 0.0160. The first-order valence-corrected chi connectivity index (χ1v) is 9.91. The second-order valence-corrected chi connectivity index (χ2v) is 6.83. The third-order valence-electron chi connectivity index (χ3n) is 4.92. The lowest BCUT2D eigenvalue weighted by molar-refractivity contribution is -0.125. The van der Waals surface area contributed by atoms with Crippen molar-refractivity contribution >= 4 is 17.5 Å². The maximum Gasteiger partial charge on any atom is 0.246 e. The van der Waals surface area contributed by atoms with E-state index in [-0.39, 0.29) is 24.3 Å². The number of benzene rings is 3. The van der Waals surface area contributed by atoms with Gasteiger partial charge in [-0.05, 0) is 30.2 Å². The number of hydrogen-bond acceptors (Lipinski definition) is 2. The first-order chi connectivity index (χ1) is 14.2. The lowest BCUT2D eigenvalue weighted by Gasteiger charge is -2.22. The molecule has 0 radical (unpaired) electrons. The molecule has 0 aliphatic heterocycles. The van der Waals surface area contributed by atoms with Crippen LogP contribution in [0.15, 0.2) is 91.0 Å². The van der Waals surface area contributed by atoms with Crippen LogP contribution in [0.3, 0.4) is 0 Å². The van der Waals surface area contributed by atoms with Crippen LogP contribution < -0.4 is 10.2 Å². The van der Waals surface area contributed by atoms with E-state index < -0.39 is 0 Å². The zero-order valence-corrected chi connectivity index (χ0v) is 16.6. The van der Waals surface area contributed by atoms with Gasteiger partial charge < -0.3 is 10.2 Å². The number of hydrogen-bond donors (Lipinski definition) is 1. The second kappa shape index (κ2) is 10.2. The summed E-state index contributed by atoms with van der Waals surface area (Å²) in [6.07, 6.45) is 0.290. The van der Waals surface area contributed by atoms with E-state index in [1.807, 2.05) is 97.9 Å². The third kappa shape index (κ3) is 5.55. The molecule has 0 unspecified atom stereocenters. The minimum Gasteiger partial charge on any atom is -0.347 e. The fraction of sp³-hybridized carbons (Fsp3) is 0.200. The van der Waals surface area contributed by atoms with Crippen molar-refractivity contribution in [3.63, 3.8) is 0 Å². The van der Waals surface area contributed by atoms with Gasteiger partial charge in [0.1, 0.15) is 0 Å². The summed E-state index contributed by atoms with van der Waals surface area (Å²) in [6, 6.07) is 29.5. The summed E-state index contributed by atoms with van der Waals surface area (Å²) in [5.74, 6) is -0.313. The Balaban J connectivity index is 1.65. The monoisotopic (exact) mass is 386 g/mol. The van der Waals surface area contributed by atoms with E-state index in [9.17, 15) is 9.59 Å². The van der Waals surface area contributed by atoms with Gasteiger partial charge in [0.05, 0.1) is 6.54 Å². The highest BCUT2D eigenvalue weighted by Gasteiger charge is 2.20. The van der Waals surface area contributed by atoms with Crippen LogP contribution in [0.4, 0.5) is 5.69 Å². The number of rotatable bonds is 8. The van der Waals surface area contributed by atoms with Crippen LogP contribution in [0.25, 0.3) is 0 Å². The zero-order chi connectivity index (χ0) is 20.5. The predicted octanol–water partition coefficient (Wildman–Crippen LogP) is 4.38. The summed E-state index contributed by atoms with van der Waals surface area (Å²) in [4.78, 5) is 27.0. The number of carbonyl (C=O) groups excluding carboxylic acids is 2. The van der Waals surface area contributed by atoms with Crippen molar-refractivity contribution in [3.8, 4) is 0 Å². The molecular formula is C25H26N2O2. The topological polar surface area (TPSA) is 49.4 Å². The predicted molar refractivity (Wildman–Crippen MR) is 117 cm³/mol. The molecule has 0 saturated carbocycles. The van der Waals surface area contributed by atoms with Gasteiger partial charge in [-0.25, -0.2) is 0 Å². The molecule has 1 N–H and O–H groups in total. The van der Waals surface area contributed by atoms with Gasteiger partial charge in [-0.1, -0.05) is 78.9 Å². The Labute approximate surface area is 172 Å². The normalized spacial score (nSPS) is 10.6. The van der Waals surface area contributed by atoms with Crippen LogP contribution in [-0.4, -0.2) is 24.9 Å². The molecule has 2 amide bonds. The van der Waals surface area contributed by atoms with E-state index in [4.69, 9.17) is 0 Å². The van der Waals surface area contributed by atoms with E-state index in [1.165, 1.54) is 0 Å². The molecule has 0 fully saturated rings. The Morgan fingerprint density at radius 3 is 1.76 bits per heavy atom. The smallest absolute Gasteiger partial charge is 0.246 e. The summed E-state index contributed by atoms with van der Waals surface area (Å²) in [5, 5.41) is 2.81. The maximum atomic E-state index is 12.7. The Hall–Kier alpha value is -3.40. The third-order valence-corrected chi connectivity index (χ3v) is 4.92. The summed E-state index contributed by atoms with van der Waals surface area (Å²) in [7, 11) is 0.